The lowest BCUT2D eigenvalue weighted by atomic mass is 10.1. The highest BCUT2D eigenvalue weighted by Crippen LogP contribution is 2.04. The Kier molecular flexibility index (Phi) is 3.97. The third-order valence-corrected chi connectivity index (χ3v) is 2.49. The highest BCUT2D eigenvalue weighted by molar-refractivity contribution is 5.91. The zero-order valence-corrected chi connectivity index (χ0v) is 10.2. The summed E-state index contributed by atoms with van der Waals surface area (Å²) in [6.07, 6.45) is 4.69. The van der Waals surface area contributed by atoms with Crippen LogP contribution in [-0.2, 0) is 11.3 Å². The summed E-state index contributed by atoms with van der Waals surface area (Å²) in [5.41, 5.74) is 2.28. The van der Waals surface area contributed by atoms with Crippen molar-refractivity contribution in [3.05, 3.63) is 65.6 Å². The molecule has 0 radical (unpaired) electrons. The maximum Gasteiger partial charge on any atom is 0.244 e. The second-order valence-corrected chi connectivity index (χ2v) is 4.06. The average Bonchev–Trinajstić information content (AvgIpc) is 2.87. The Morgan fingerprint density at radius 3 is 2.94 bits per heavy atom. The van der Waals surface area contributed by atoms with E-state index in [1.165, 1.54) is 11.6 Å². The summed E-state index contributed by atoms with van der Waals surface area (Å²) < 4.78 is 5.10. The van der Waals surface area contributed by atoms with Crippen molar-refractivity contribution in [1.29, 1.82) is 0 Å². The Morgan fingerprint density at radius 1 is 1.33 bits per heavy atom. The molecular weight excluding hydrogens is 226 g/mol. The van der Waals surface area contributed by atoms with Gasteiger partial charge in [0.25, 0.3) is 0 Å². The van der Waals surface area contributed by atoms with Crippen molar-refractivity contribution >= 4 is 12.0 Å². The number of nitrogens with one attached hydrogen (secondary N) is 1. The molecule has 18 heavy (non-hydrogen) atoms. The Morgan fingerprint density at radius 2 is 2.22 bits per heavy atom. The van der Waals surface area contributed by atoms with Gasteiger partial charge in [-0.25, -0.2) is 0 Å². The molecule has 0 atom stereocenters. The lowest BCUT2D eigenvalue weighted by molar-refractivity contribution is -0.116. The van der Waals surface area contributed by atoms with Gasteiger partial charge in [0.2, 0.25) is 5.91 Å². The van der Waals surface area contributed by atoms with E-state index < -0.39 is 0 Å². The molecule has 0 saturated carbocycles. The normalized spacial score (nSPS) is 10.7. The summed E-state index contributed by atoms with van der Waals surface area (Å²) in [5.74, 6) is 0.536. The monoisotopic (exact) mass is 241 g/mol. The Labute approximate surface area is 106 Å². The quantitative estimate of drug-likeness (QED) is 0.836. The van der Waals surface area contributed by atoms with Gasteiger partial charge in [-0.2, -0.15) is 0 Å². The summed E-state index contributed by atoms with van der Waals surface area (Å²) in [5, 5.41) is 2.82. The van der Waals surface area contributed by atoms with Gasteiger partial charge in [-0.05, 0) is 30.7 Å². The fourth-order valence-electron chi connectivity index (χ4n) is 1.61. The maximum atomic E-state index is 11.6. The summed E-state index contributed by atoms with van der Waals surface area (Å²) >= 11 is 0. The van der Waals surface area contributed by atoms with Gasteiger partial charge in [-0.15, -0.1) is 0 Å². The van der Waals surface area contributed by atoms with Gasteiger partial charge in [0.05, 0.1) is 6.26 Å². The number of carbonyl (C=O) groups is 1. The van der Waals surface area contributed by atoms with Crippen molar-refractivity contribution < 1.29 is 9.21 Å². The van der Waals surface area contributed by atoms with Crippen molar-refractivity contribution in [2.45, 2.75) is 13.5 Å². The van der Waals surface area contributed by atoms with Gasteiger partial charge in [-0.3, -0.25) is 4.79 Å². The first-order valence-corrected chi connectivity index (χ1v) is 5.79. The number of hydrogen-bond donors (Lipinski definition) is 1. The molecule has 1 N–H and O–H groups in total. The van der Waals surface area contributed by atoms with Crippen LogP contribution in [0.1, 0.15) is 16.9 Å². The van der Waals surface area contributed by atoms with Crippen molar-refractivity contribution in [3.8, 4) is 0 Å². The van der Waals surface area contributed by atoms with Crippen LogP contribution >= 0.6 is 0 Å². The number of carbonyl (C=O) groups excluding carboxylic acids is 1. The molecule has 3 heteroatoms. The fourth-order valence-corrected chi connectivity index (χ4v) is 1.61. The summed E-state index contributed by atoms with van der Waals surface area (Å²) in [6, 6.07) is 11.6. The third kappa shape index (κ3) is 3.63. The largest absolute Gasteiger partial charge is 0.465 e. The van der Waals surface area contributed by atoms with Crippen molar-refractivity contribution in [3.63, 3.8) is 0 Å². The van der Waals surface area contributed by atoms with E-state index in [9.17, 15) is 4.79 Å². The SMILES string of the molecule is Cc1cccc(CNC(=O)C=Cc2ccco2)c1. The van der Waals surface area contributed by atoms with Gasteiger partial charge in [-0.1, -0.05) is 29.8 Å². The molecule has 2 aromatic rings. The van der Waals surface area contributed by atoms with Crippen LogP contribution in [0.15, 0.2) is 53.2 Å². The van der Waals surface area contributed by atoms with Crippen LogP contribution in [0.5, 0.6) is 0 Å². The van der Waals surface area contributed by atoms with Crippen molar-refractivity contribution in [2.75, 3.05) is 0 Å². The second kappa shape index (κ2) is 5.87. The number of furan rings is 1. The van der Waals surface area contributed by atoms with Crippen LogP contribution in [0, 0.1) is 6.92 Å². The Bertz CT molecular complexity index is 541. The molecule has 0 spiro atoms. The molecule has 0 aliphatic rings. The summed E-state index contributed by atoms with van der Waals surface area (Å²) in [7, 11) is 0. The average molecular weight is 241 g/mol. The van der Waals surface area contributed by atoms with E-state index >= 15 is 0 Å². The minimum Gasteiger partial charge on any atom is -0.465 e. The molecule has 2 rings (SSSR count). The molecule has 3 nitrogen and oxygen atoms in total. The van der Waals surface area contributed by atoms with E-state index in [4.69, 9.17) is 4.42 Å². The van der Waals surface area contributed by atoms with Crippen LogP contribution in [0.25, 0.3) is 6.08 Å². The smallest absolute Gasteiger partial charge is 0.244 e. The second-order valence-electron chi connectivity index (χ2n) is 4.06. The molecule has 0 aliphatic heterocycles. The van der Waals surface area contributed by atoms with Crippen LogP contribution in [0.4, 0.5) is 0 Å². The number of aryl methyl sites for hydroxylation is 1. The number of amides is 1. The minimum atomic E-state index is -0.132. The van der Waals surface area contributed by atoms with Gasteiger partial charge in [0.15, 0.2) is 0 Å². The topological polar surface area (TPSA) is 42.2 Å². The Balaban J connectivity index is 1.85. The zero-order chi connectivity index (χ0) is 12.8. The number of hydrogen-bond acceptors (Lipinski definition) is 2. The third-order valence-electron chi connectivity index (χ3n) is 2.49. The van der Waals surface area contributed by atoms with Gasteiger partial charge < -0.3 is 9.73 Å². The van der Waals surface area contributed by atoms with Crippen LogP contribution < -0.4 is 5.32 Å². The van der Waals surface area contributed by atoms with E-state index in [1.54, 1.807) is 24.5 Å². The van der Waals surface area contributed by atoms with Crippen LogP contribution in [0.2, 0.25) is 0 Å². The van der Waals surface area contributed by atoms with E-state index in [2.05, 4.69) is 11.4 Å². The molecule has 0 bridgehead atoms. The first-order chi connectivity index (χ1) is 8.74. The lowest BCUT2D eigenvalue weighted by Crippen LogP contribution is -2.20. The lowest BCUT2D eigenvalue weighted by Gasteiger charge is -2.03. The molecular formula is C15H15NO2. The first-order valence-electron chi connectivity index (χ1n) is 5.79. The molecule has 1 heterocycles. The first kappa shape index (κ1) is 12.2. The number of benzene rings is 1. The predicted molar refractivity (Wildman–Crippen MR) is 70.8 cm³/mol. The maximum absolute atomic E-state index is 11.6. The summed E-state index contributed by atoms with van der Waals surface area (Å²) in [4.78, 5) is 11.6. The van der Waals surface area contributed by atoms with Gasteiger partial charge in [0, 0.05) is 12.6 Å². The standard InChI is InChI=1S/C15H15NO2/c1-12-4-2-5-13(10-12)11-16-15(17)8-7-14-6-3-9-18-14/h2-10H,11H2,1H3,(H,16,17). The molecule has 1 aromatic carbocycles. The van der Waals surface area contributed by atoms with Crippen molar-refractivity contribution in [1.82, 2.24) is 5.32 Å². The van der Waals surface area contributed by atoms with E-state index in [0.29, 0.717) is 12.3 Å². The van der Waals surface area contributed by atoms with E-state index in [-0.39, 0.29) is 5.91 Å². The van der Waals surface area contributed by atoms with Crippen LogP contribution in [-0.4, -0.2) is 5.91 Å². The van der Waals surface area contributed by atoms with Gasteiger partial charge in [0.1, 0.15) is 5.76 Å². The highest BCUT2D eigenvalue weighted by atomic mass is 16.3. The fraction of sp³-hybridized carbons (Fsp3) is 0.133. The van der Waals surface area contributed by atoms with Gasteiger partial charge >= 0.3 is 0 Å². The Hall–Kier alpha value is -2.29. The molecule has 1 aromatic heterocycles. The van der Waals surface area contributed by atoms with Crippen molar-refractivity contribution in [2.24, 2.45) is 0 Å². The van der Waals surface area contributed by atoms with Crippen LogP contribution in [0.3, 0.4) is 0 Å². The van der Waals surface area contributed by atoms with E-state index in [0.717, 1.165) is 5.56 Å². The van der Waals surface area contributed by atoms with E-state index in [1.807, 2.05) is 25.1 Å². The molecule has 0 fully saturated rings. The zero-order valence-electron chi connectivity index (χ0n) is 10.2. The molecule has 1 amide bonds. The highest BCUT2D eigenvalue weighted by Gasteiger charge is 1.97. The molecule has 0 unspecified atom stereocenters. The summed E-state index contributed by atoms with van der Waals surface area (Å²) in [6.45, 7) is 2.56. The molecule has 92 valence electrons. The molecule has 0 aliphatic carbocycles. The minimum absolute atomic E-state index is 0.132. The predicted octanol–water partition coefficient (Wildman–Crippen LogP) is 2.92. The molecule has 0 saturated heterocycles. The number of rotatable bonds is 4.